The lowest BCUT2D eigenvalue weighted by Gasteiger charge is -2.26. The standard InChI is InChI=1S/C21H22N2O/c1-3-23(16-8-6-7-15(2)13-16)20(24)21(11-12-21)18-14-22-19-10-5-4-9-17(18)19/h4-10,13-14,22H,3,11-12H2,1-2H3. The van der Waals surface area contributed by atoms with E-state index >= 15 is 0 Å². The highest BCUT2D eigenvalue weighted by atomic mass is 16.2. The normalized spacial score (nSPS) is 15.4. The summed E-state index contributed by atoms with van der Waals surface area (Å²) in [6.07, 6.45) is 3.88. The zero-order chi connectivity index (χ0) is 16.7. The molecule has 1 aromatic heterocycles. The Morgan fingerprint density at radius 3 is 2.67 bits per heavy atom. The summed E-state index contributed by atoms with van der Waals surface area (Å²) in [4.78, 5) is 18.7. The second-order valence-corrected chi connectivity index (χ2v) is 6.72. The van der Waals surface area contributed by atoms with Gasteiger partial charge in [-0.25, -0.2) is 0 Å². The number of H-pyrrole nitrogens is 1. The molecule has 1 aliphatic rings. The second kappa shape index (κ2) is 5.52. The number of carbonyl (C=O) groups is 1. The van der Waals surface area contributed by atoms with E-state index in [1.54, 1.807) is 0 Å². The van der Waals surface area contributed by atoms with Crippen LogP contribution in [0.15, 0.2) is 54.7 Å². The van der Waals surface area contributed by atoms with E-state index in [1.165, 1.54) is 10.9 Å². The highest BCUT2D eigenvalue weighted by molar-refractivity contribution is 6.06. The van der Waals surface area contributed by atoms with Crippen molar-refractivity contribution >= 4 is 22.5 Å². The number of hydrogen-bond donors (Lipinski definition) is 1. The molecule has 3 nitrogen and oxygen atoms in total. The smallest absolute Gasteiger partial charge is 0.237 e. The fourth-order valence-corrected chi connectivity index (χ4v) is 3.69. The molecule has 1 saturated carbocycles. The predicted molar refractivity (Wildman–Crippen MR) is 98.4 cm³/mol. The summed E-state index contributed by atoms with van der Waals surface area (Å²) in [6, 6.07) is 16.4. The third-order valence-corrected chi connectivity index (χ3v) is 5.14. The number of benzene rings is 2. The SMILES string of the molecule is CCN(C(=O)C1(c2c[nH]c3ccccc23)CC1)c1cccc(C)c1. The van der Waals surface area contributed by atoms with Crippen LogP contribution in [-0.2, 0) is 10.2 Å². The van der Waals surface area contributed by atoms with E-state index in [1.807, 2.05) is 42.3 Å². The number of anilines is 1. The van der Waals surface area contributed by atoms with E-state index in [4.69, 9.17) is 0 Å². The predicted octanol–water partition coefficient (Wildman–Crippen LogP) is 4.56. The van der Waals surface area contributed by atoms with E-state index in [0.29, 0.717) is 6.54 Å². The van der Waals surface area contributed by atoms with Gasteiger partial charge in [-0.15, -0.1) is 0 Å². The minimum atomic E-state index is -0.362. The number of para-hydroxylation sites is 1. The average Bonchev–Trinajstić information content (AvgIpc) is 3.28. The molecule has 0 bridgehead atoms. The molecule has 122 valence electrons. The molecule has 1 N–H and O–H groups in total. The molecule has 24 heavy (non-hydrogen) atoms. The molecule has 1 heterocycles. The van der Waals surface area contributed by atoms with Crippen LogP contribution in [0.3, 0.4) is 0 Å². The molecular formula is C21H22N2O. The maximum Gasteiger partial charge on any atom is 0.237 e. The summed E-state index contributed by atoms with van der Waals surface area (Å²) in [7, 11) is 0. The Morgan fingerprint density at radius 1 is 1.17 bits per heavy atom. The van der Waals surface area contributed by atoms with Crippen molar-refractivity contribution < 1.29 is 4.79 Å². The van der Waals surface area contributed by atoms with Gasteiger partial charge in [0.25, 0.3) is 0 Å². The van der Waals surface area contributed by atoms with Gasteiger partial charge in [0.15, 0.2) is 0 Å². The number of nitrogens with zero attached hydrogens (tertiary/aromatic N) is 1. The number of amides is 1. The molecule has 3 heteroatoms. The minimum absolute atomic E-state index is 0.223. The van der Waals surface area contributed by atoms with Crippen LogP contribution >= 0.6 is 0 Å². The maximum absolute atomic E-state index is 13.4. The number of aromatic amines is 1. The average molecular weight is 318 g/mol. The number of aryl methyl sites for hydroxylation is 1. The van der Waals surface area contributed by atoms with Crippen molar-refractivity contribution in [1.82, 2.24) is 4.98 Å². The summed E-state index contributed by atoms with van der Waals surface area (Å²) in [5, 5.41) is 1.17. The molecule has 0 radical (unpaired) electrons. The fourth-order valence-electron chi connectivity index (χ4n) is 3.69. The van der Waals surface area contributed by atoms with E-state index in [0.717, 1.165) is 29.6 Å². The molecule has 0 atom stereocenters. The second-order valence-electron chi connectivity index (χ2n) is 6.72. The van der Waals surface area contributed by atoms with Crippen molar-refractivity contribution in [2.24, 2.45) is 0 Å². The van der Waals surface area contributed by atoms with Gasteiger partial charge in [-0.05, 0) is 56.0 Å². The zero-order valence-electron chi connectivity index (χ0n) is 14.2. The molecule has 0 saturated heterocycles. The van der Waals surface area contributed by atoms with Gasteiger partial charge in [0.05, 0.1) is 5.41 Å². The van der Waals surface area contributed by atoms with E-state index < -0.39 is 0 Å². The summed E-state index contributed by atoms with van der Waals surface area (Å²) < 4.78 is 0. The Morgan fingerprint density at radius 2 is 1.96 bits per heavy atom. The summed E-state index contributed by atoms with van der Waals surface area (Å²) in [5.41, 5.74) is 4.06. The lowest BCUT2D eigenvalue weighted by Crippen LogP contribution is -2.39. The molecule has 2 aromatic carbocycles. The molecule has 0 spiro atoms. The van der Waals surface area contributed by atoms with Crippen LogP contribution in [0.25, 0.3) is 10.9 Å². The first-order chi connectivity index (χ1) is 11.7. The molecule has 4 rings (SSSR count). The van der Waals surface area contributed by atoms with Crippen LogP contribution in [0, 0.1) is 6.92 Å². The Bertz CT molecular complexity index is 905. The number of hydrogen-bond acceptors (Lipinski definition) is 1. The first-order valence-electron chi connectivity index (χ1n) is 8.61. The third kappa shape index (κ3) is 2.23. The molecule has 1 fully saturated rings. The number of aromatic nitrogens is 1. The minimum Gasteiger partial charge on any atom is -0.361 e. The van der Waals surface area contributed by atoms with Crippen molar-refractivity contribution in [2.45, 2.75) is 32.1 Å². The zero-order valence-corrected chi connectivity index (χ0v) is 14.2. The number of fused-ring (bicyclic) bond motifs is 1. The van der Waals surface area contributed by atoms with Crippen LogP contribution in [-0.4, -0.2) is 17.4 Å². The van der Waals surface area contributed by atoms with Gasteiger partial charge in [-0.2, -0.15) is 0 Å². The van der Waals surface area contributed by atoms with Crippen molar-refractivity contribution in [2.75, 3.05) is 11.4 Å². The lowest BCUT2D eigenvalue weighted by molar-refractivity contribution is -0.120. The molecule has 1 aliphatic carbocycles. The largest absolute Gasteiger partial charge is 0.361 e. The van der Waals surface area contributed by atoms with E-state index in [9.17, 15) is 4.79 Å². The van der Waals surface area contributed by atoms with Gasteiger partial charge >= 0.3 is 0 Å². The molecule has 0 unspecified atom stereocenters. The highest BCUT2D eigenvalue weighted by Gasteiger charge is 2.54. The Hall–Kier alpha value is -2.55. The van der Waals surface area contributed by atoms with Crippen LogP contribution < -0.4 is 4.90 Å². The van der Waals surface area contributed by atoms with E-state index in [2.05, 4.69) is 36.2 Å². The van der Waals surface area contributed by atoms with Crippen molar-refractivity contribution in [3.05, 3.63) is 65.9 Å². The van der Waals surface area contributed by atoms with Crippen molar-refractivity contribution in [3.8, 4) is 0 Å². The molecule has 1 amide bonds. The third-order valence-electron chi connectivity index (χ3n) is 5.14. The fraction of sp³-hybridized carbons (Fsp3) is 0.286. The number of carbonyl (C=O) groups excluding carboxylic acids is 1. The summed E-state index contributed by atoms with van der Waals surface area (Å²) in [5.74, 6) is 0.223. The molecule has 3 aromatic rings. The summed E-state index contributed by atoms with van der Waals surface area (Å²) in [6.45, 7) is 4.80. The lowest BCUT2D eigenvalue weighted by atomic mass is 9.93. The van der Waals surface area contributed by atoms with Crippen LogP contribution in [0.4, 0.5) is 5.69 Å². The topological polar surface area (TPSA) is 36.1 Å². The van der Waals surface area contributed by atoms with Crippen LogP contribution in [0.1, 0.15) is 30.9 Å². The van der Waals surface area contributed by atoms with Crippen molar-refractivity contribution in [3.63, 3.8) is 0 Å². The number of rotatable bonds is 4. The van der Waals surface area contributed by atoms with Crippen molar-refractivity contribution in [1.29, 1.82) is 0 Å². The maximum atomic E-state index is 13.4. The van der Waals surface area contributed by atoms with Gasteiger partial charge < -0.3 is 9.88 Å². The quantitative estimate of drug-likeness (QED) is 0.752. The first-order valence-corrected chi connectivity index (χ1v) is 8.61. The molecular weight excluding hydrogens is 296 g/mol. The number of nitrogens with one attached hydrogen (secondary N) is 1. The Labute approximate surface area is 142 Å². The van der Waals surface area contributed by atoms with Gasteiger partial charge in [0.2, 0.25) is 5.91 Å². The van der Waals surface area contributed by atoms with Gasteiger partial charge in [0, 0.05) is 29.3 Å². The Kier molecular flexibility index (Phi) is 3.45. The molecule has 0 aliphatic heterocycles. The summed E-state index contributed by atoms with van der Waals surface area (Å²) >= 11 is 0. The first kappa shape index (κ1) is 15.0. The van der Waals surface area contributed by atoms with Crippen LogP contribution in [0.2, 0.25) is 0 Å². The van der Waals surface area contributed by atoms with E-state index in [-0.39, 0.29) is 11.3 Å². The number of likely N-dealkylation sites (N-methyl/N-ethyl adjacent to an activating group) is 1. The Balaban J connectivity index is 1.75. The monoisotopic (exact) mass is 318 g/mol. The van der Waals surface area contributed by atoms with Gasteiger partial charge in [0.1, 0.15) is 0 Å². The van der Waals surface area contributed by atoms with Gasteiger partial charge in [-0.3, -0.25) is 4.79 Å². The van der Waals surface area contributed by atoms with Gasteiger partial charge in [-0.1, -0.05) is 30.3 Å². The highest BCUT2D eigenvalue weighted by Crippen LogP contribution is 2.52. The van der Waals surface area contributed by atoms with Crippen LogP contribution in [0.5, 0.6) is 0 Å².